The SMILES string of the molecule is Cc1sc(Br)cc1S(=O)(=O)Nc1cc(Br)ccc1F. The first-order chi connectivity index (χ1) is 8.79. The summed E-state index contributed by atoms with van der Waals surface area (Å²) in [6.45, 7) is 1.70. The summed E-state index contributed by atoms with van der Waals surface area (Å²) >= 11 is 7.71. The molecule has 1 heterocycles. The Morgan fingerprint density at radius 1 is 1.26 bits per heavy atom. The van der Waals surface area contributed by atoms with E-state index in [2.05, 4.69) is 36.6 Å². The van der Waals surface area contributed by atoms with Crippen molar-refractivity contribution in [1.82, 2.24) is 0 Å². The molecule has 0 unspecified atom stereocenters. The van der Waals surface area contributed by atoms with Crippen LogP contribution < -0.4 is 4.72 Å². The van der Waals surface area contributed by atoms with Crippen molar-refractivity contribution in [2.24, 2.45) is 0 Å². The second-order valence-corrected chi connectivity index (χ2v) is 8.90. The topological polar surface area (TPSA) is 46.2 Å². The van der Waals surface area contributed by atoms with E-state index in [9.17, 15) is 12.8 Å². The molecule has 0 fully saturated rings. The normalized spacial score (nSPS) is 11.6. The quantitative estimate of drug-likeness (QED) is 0.780. The molecule has 8 heteroatoms. The maximum absolute atomic E-state index is 13.6. The van der Waals surface area contributed by atoms with Crippen molar-refractivity contribution in [2.75, 3.05) is 4.72 Å². The molecule has 0 aliphatic heterocycles. The van der Waals surface area contributed by atoms with Gasteiger partial charge in [-0.2, -0.15) is 0 Å². The molecule has 2 aromatic rings. The highest BCUT2D eigenvalue weighted by Gasteiger charge is 2.21. The van der Waals surface area contributed by atoms with Crippen LogP contribution in [-0.4, -0.2) is 8.42 Å². The minimum Gasteiger partial charge on any atom is -0.277 e. The number of benzene rings is 1. The Bertz CT molecular complexity index is 728. The van der Waals surface area contributed by atoms with Crippen LogP contribution >= 0.6 is 43.2 Å². The van der Waals surface area contributed by atoms with Gasteiger partial charge in [0.05, 0.1) is 9.47 Å². The van der Waals surface area contributed by atoms with Gasteiger partial charge >= 0.3 is 0 Å². The molecule has 0 amide bonds. The van der Waals surface area contributed by atoms with Gasteiger partial charge in [0.15, 0.2) is 0 Å². The fourth-order valence-corrected chi connectivity index (χ4v) is 5.31. The molecule has 1 aromatic heterocycles. The van der Waals surface area contributed by atoms with Crippen LogP contribution in [0.15, 0.2) is 37.4 Å². The summed E-state index contributed by atoms with van der Waals surface area (Å²) in [7, 11) is -3.79. The van der Waals surface area contributed by atoms with Gasteiger partial charge in [-0.25, -0.2) is 12.8 Å². The van der Waals surface area contributed by atoms with Gasteiger partial charge in [0.1, 0.15) is 10.7 Å². The standard InChI is InChI=1S/C11H8Br2FNO2S2/c1-6-10(5-11(13)18-6)19(16,17)15-9-4-7(12)2-3-8(9)14/h2-5,15H,1H3. The van der Waals surface area contributed by atoms with Crippen molar-refractivity contribution in [3.8, 4) is 0 Å². The van der Waals surface area contributed by atoms with Gasteiger partial charge < -0.3 is 0 Å². The summed E-state index contributed by atoms with van der Waals surface area (Å²) in [5.74, 6) is -0.626. The van der Waals surface area contributed by atoms with Gasteiger partial charge in [-0.15, -0.1) is 11.3 Å². The molecule has 0 saturated carbocycles. The third-order valence-electron chi connectivity index (χ3n) is 2.30. The summed E-state index contributed by atoms with van der Waals surface area (Å²) < 4.78 is 41.5. The zero-order valence-corrected chi connectivity index (χ0v) is 14.4. The molecule has 1 aromatic carbocycles. The lowest BCUT2D eigenvalue weighted by molar-refractivity contribution is 0.598. The third kappa shape index (κ3) is 3.36. The predicted octanol–water partition coefficient (Wildman–Crippen LogP) is 4.52. The summed E-state index contributed by atoms with van der Waals surface area (Å²) in [5.41, 5.74) is -0.0869. The number of anilines is 1. The minimum atomic E-state index is -3.79. The van der Waals surface area contributed by atoms with Crippen molar-refractivity contribution < 1.29 is 12.8 Å². The van der Waals surface area contributed by atoms with E-state index in [1.807, 2.05) is 0 Å². The van der Waals surface area contributed by atoms with E-state index in [1.54, 1.807) is 6.92 Å². The van der Waals surface area contributed by atoms with E-state index >= 15 is 0 Å². The number of sulfonamides is 1. The van der Waals surface area contributed by atoms with Crippen LogP contribution in [0.25, 0.3) is 0 Å². The van der Waals surface area contributed by atoms with Gasteiger partial charge in [0.2, 0.25) is 0 Å². The molecule has 0 radical (unpaired) electrons. The average Bonchev–Trinajstić information content (AvgIpc) is 2.63. The van der Waals surface area contributed by atoms with Gasteiger partial charge in [0.25, 0.3) is 10.0 Å². The van der Waals surface area contributed by atoms with Crippen LogP contribution in [0.4, 0.5) is 10.1 Å². The molecule has 102 valence electrons. The fraction of sp³-hybridized carbons (Fsp3) is 0.0909. The summed E-state index contributed by atoms with van der Waals surface area (Å²) in [6, 6.07) is 5.57. The Morgan fingerprint density at radius 2 is 1.95 bits per heavy atom. The molecule has 0 spiro atoms. The van der Waals surface area contributed by atoms with E-state index in [1.165, 1.54) is 35.6 Å². The number of hydrogen-bond donors (Lipinski definition) is 1. The zero-order chi connectivity index (χ0) is 14.2. The number of nitrogens with one attached hydrogen (secondary N) is 1. The maximum atomic E-state index is 13.6. The van der Waals surface area contributed by atoms with Crippen molar-refractivity contribution in [1.29, 1.82) is 0 Å². The largest absolute Gasteiger partial charge is 0.277 e. The molecule has 0 aliphatic rings. The van der Waals surface area contributed by atoms with Gasteiger partial charge in [-0.05, 0) is 47.1 Å². The van der Waals surface area contributed by atoms with Crippen molar-refractivity contribution in [3.63, 3.8) is 0 Å². The average molecular weight is 429 g/mol. The molecule has 3 nitrogen and oxygen atoms in total. The Labute approximate surface area is 131 Å². The number of rotatable bonds is 3. The Kier molecular flexibility index (Phi) is 4.34. The number of thiophene rings is 1. The van der Waals surface area contributed by atoms with E-state index < -0.39 is 15.8 Å². The van der Waals surface area contributed by atoms with Crippen molar-refractivity contribution in [2.45, 2.75) is 11.8 Å². The molecule has 0 aliphatic carbocycles. The Hall–Kier alpha value is -0.440. The second-order valence-electron chi connectivity index (χ2n) is 3.70. The zero-order valence-electron chi connectivity index (χ0n) is 9.58. The van der Waals surface area contributed by atoms with Crippen LogP contribution in [0.5, 0.6) is 0 Å². The first-order valence-electron chi connectivity index (χ1n) is 5.03. The molecule has 19 heavy (non-hydrogen) atoms. The molecule has 2 rings (SSSR count). The summed E-state index contributed by atoms with van der Waals surface area (Å²) in [6.07, 6.45) is 0. The van der Waals surface area contributed by atoms with E-state index in [0.717, 1.165) is 0 Å². The first kappa shape index (κ1) is 15.0. The second kappa shape index (κ2) is 5.51. The van der Waals surface area contributed by atoms with Crippen LogP contribution in [0.1, 0.15) is 4.88 Å². The highest BCUT2D eigenvalue weighted by atomic mass is 79.9. The van der Waals surface area contributed by atoms with E-state index in [4.69, 9.17) is 0 Å². The highest BCUT2D eigenvalue weighted by Crippen LogP contribution is 2.31. The summed E-state index contributed by atoms with van der Waals surface area (Å²) in [5, 5.41) is 0. The molecule has 0 atom stereocenters. The molecule has 0 saturated heterocycles. The highest BCUT2D eigenvalue weighted by molar-refractivity contribution is 9.11. The van der Waals surface area contributed by atoms with Gasteiger partial charge in [0, 0.05) is 9.35 Å². The molecule has 0 bridgehead atoms. The lowest BCUT2D eigenvalue weighted by Gasteiger charge is -2.08. The fourth-order valence-electron chi connectivity index (χ4n) is 1.47. The predicted molar refractivity (Wildman–Crippen MR) is 81.7 cm³/mol. The lowest BCUT2D eigenvalue weighted by atomic mass is 10.3. The van der Waals surface area contributed by atoms with Crippen LogP contribution in [0.3, 0.4) is 0 Å². The molecule has 1 N–H and O–H groups in total. The van der Waals surface area contributed by atoms with Crippen molar-refractivity contribution in [3.05, 3.63) is 43.2 Å². The molecular weight excluding hydrogens is 421 g/mol. The monoisotopic (exact) mass is 427 g/mol. The minimum absolute atomic E-state index is 0.0869. The smallest absolute Gasteiger partial charge is 0.263 e. The van der Waals surface area contributed by atoms with Crippen LogP contribution in [0, 0.1) is 12.7 Å². The Balaban J connectivity index is 2.42. The van der Waals surface area contributed by atoms with Crippen LogP contribution in [0.2, 0.25) is 0 Å². The number of halogens is 3. The van der Waals surface area contributed by atoms with Crippen LogP contribution in [-0.2, 0) is 10.0 Å². The maximum Gasteiger partial charge on any atom is 0.263 e. The van der Waals surface area contributed by atoms with Gasteiger partial charge in [-0.1, -0.05) is 15.9 Å². The third-order valence-corrected chi connectivity index (χ3v) is 5.97. The van der Waals surface area contributed by atoms with Crippen molar-refractivity contribution >= 4 is 58.9 Å². The first-order valence-corrected chi connectivity index (χ1v) is 8.92. The van der Waals surface area contributed by atoms with E-state index in [0.29, 0.717) is 13.1 Å². The molecular formula is C11H8Br2FNO2S2. The summed E-state index contributed by atoms with van der Waals surface area (Å²) in [4.78, 5) is 0.776. The van der Waals surface area contributed by atoms with E-state index in [-0.39, 0.29) is 10.6 Å². The number of aryl methyl sites for hydroxylation is 1. The number of hydrogen-bond acceptors (Lipinski definition) is 3. The lowest BCUT2D eigenvalue weighted by Crippen LogP contribution is -2.14. The van der Waals surface area contributed by atoms with Gasteiger partial charge in [-0.3, -0.25) is 4.72 Å². The Morgan fingerprint density at radius 3 is 2.53 bits per heavy atom.